The van der Waals surface area contributed by atoms with Gasteiger partial charge in [0.15, 0.2) is 0 Å². The van der Waals surface area contributed by atoms with Crippen LogP contribution in [0.5, 0.6) is 0 Å². The van der Waals surface area contributed by atoms with Gasteiger partial charge in [-0.2, -0.15) is 0 Å². The van der Waals surface area contributed by atoms with Crippen LogP contribution in [0.15, 0.2) is 24.3 Å². The van der Waals surface area contributed by atoms with Gasteiger partial charge in [0.1, 0.15) is 24.0 Å². The van der Waals surface area contributed by atoms with E-state index in [2.05, 4.69) is 20.5 Å². The predicted octanol–water partition coefficient (Wildman–Crippen LogP) is 5.41. The molecule has 0 bridgehead atoms. The first-order chi connectivity index (χ1) is 22.5. The number of likely N-dealkylation sites (tertiary alicyclic amines) is 2. The van der Waals surface area contributed by atoms with Gasteiger partial charge in [-0.05, 0) is 116 Å². The fourth-order valence-electron chi connectivity index (χ4n) is 7.46. The number of carbonyl (C=O) groups excluding carboxylic acids is 4. The molecule has 3 fully saturated rings. The maximum absolute atomic E-state index is 14.1. The zero-order valence-corrected chi connectivity index (χ0v) is 28.1. The summed E-state index contributed by atoms with van der Waals surface area (Å²) in [5.41, 5.74) is 1.00. The Morgan fingerprint density at radius 1 is 1.00 bits per heavy atom. The quantitative estimate of drug-likeness (QED) is 0.308. The fourth-order valence-corrected chi connectivity index (χ4v) is 7.46. The van der Waals surface area contributed by atoms with E-state index >= 15 is 0 Å². The number of aromatic nitrogens is 1. The maximum atomic E-state index is 14.1. The van der Waals surface area contributed by atoms with Crippen LogP contribution in [0.3, 0.4) is 0 Å². The molecule has 12 heteroatoms. The van der Waals surface area contributed by atoms with Crippen LogP contribution >= 0.6 is 0 Å². The first-order valence-corrected chi connectivity index (χ1v) is 17.2. The molecule has 3 heterocycles. The first-order valence-electron chi connectivity index (χ1n) is 17.2. The Balaban J connectivity index is 1.27. The van der Waals surface area contributed by atoms with Gasteiger partial charge in [-0.3, -0.25) is 14.5 Å². The number of esters is 1. The van der Waals surface area contributed by atoms with E-state index in [0.717, 1.165) is 43.3 Å². The van der Waals surface area contributed by atoms with Crippen molar-refractivity contribution in [3.05, 3.63) is 30.0 Å². The summed E-state index contributed by atoms with van der Waals surface area (Å²) in [5.74, 6) is -1.05. The van der Waals surface area contributed by atoms with Crippen molar-refractivity contribution in [1.29, 1.82) is 0 Å². The van der Waals surface area contributed by atoms with Crippen LogP contribution in [-0.4, -0.2) is 95.3 Å². The third-order valence-electron chi connectivity index (χ3n) is 9.72. The number of amides is 3. The second kappa shape index (κ2) is 15.0. The number of hydrogen-bond donors (Lipinski definition) is 3. The van der Waals surface area contributed by atoms with E-state index in [1.807, 2.05) is 12.1 Å². The van der Waals surface area contributed by atoms with E-state index < -0.39 is 36.4 Å². The number of carbonyl (C=O) groups is 4. The van der Waals surface area contributed by atoms with Crippen LogP contribution in [-0.2, 0) is 19.1 Å². The van der Waals surface area contributed by atoms with Gasteiger partial charge in [0.25, 0.3) is 0 Å². The summed E-state index contributed by atoms with van der Waals surface area (Å²) < 4.78 is 24.4. The highest BCUT2D eigenvalue weighted by molar-refractivity contribution is 6.01. The van der Waals surface area contributed by atoms with Crippen molar-refractivity contribution in [2.45, 2.75) is 103 Å². The highest BCUT2D eigenvalue weighted by atomic mass is 19.1. The zero-order chi connectivity index (χ0) is 33.7. The SMILES string of the molecule is CCOC(=O)c1cc2cc(NC(=O)[C@@H]3[C@H](N4CCCCC4)CCN3C(=O)C3CCC([C@@H](CF)NC(=O)OC(C)(C)C)CC3)ccc2[nH]1. The molecule has 3 aliphatic rings. The van der Waals surface area contributed by atoms with Gasteiger partial charge in [0.05, 0.1) is 12.6 Å². The predicted molar refractivity (Wildman–Crippen MR) is 177 cm³/mol. The van der Waals surface area contributed by atoms with Crippen molar-refractivity contribution < 1.29 is 33.0 Å². The Morgan fingerprint density at radius 2 is 1.72 bits per heavy atom. The monoisotopic (exact) mass is 655 g/mol. The number of rotatable bonds is 9. The molecule has 3 atom stereocenters. The summed E-state index contributed by atoms with van der Waals surface area (Å²) in [5, 5.41) is 6.53. The molecule has 2 aromatic rings. The van der Waals surface area contributed by atoms with Crippen molar-refractivity contribution >= 4 is 40.5 Å². The number of ether oxygens (including phenoxy) is 2. The lowest BCUT2D eigenvalue weighted by Crippen LogP contribution is -2.55. The number of hydrogen-bond acceptors (Lipinski definition) is 7. The molecule has 258 valence electrons. The number of nitrogens with zero attached hydrogens (tertiary/aromatic N) is 2. The van der Waals surface area contributed by atoms with Gasteiger partial charge in [0, 0.05) is 35.1 Å². The van der Waals surface area contributed by atoms with E-state index in [1.54, 1.807) is 44.7 Å². The largest absolute Gasteiger partial charge is 0.461 e. The van der Waals surface area contributed by atoms with E-state index in [1.165, 1.54) is 6.42 Å². The van der Waals surface area contributed by atoms with Crippen molar-refractivity contribution in [2.24, 2.45) is 11.8 Å². The first kappa shape index (κ1) is 34.7. The number of H-pyrrole nitrogens is 1. The van der Waals surface area contributed by atoms with Gasteiger partial charge >= 0.3 is 12.1 Å². The molecule has 47 heavy (non-hydrogen) atoms. The molecule has 3 amide bonds. The molecule has 3 N–H and O–H groups in total. The number of alkyl carbamates (subject to hydrolysis) is 1. The Labute approximate surface area is 276 Å². The van der Waals surface area contributed by atoms with Crippen LogP contribution in [0.2, 0.25) is 0 Å². The van der Waals surface area contributed by atoms with Gasteiger partial charge in [0.2, 0.25) is 11.8 Å². The smallest absolute Gasteiger partial charge is 0.407 e. The van der Waals surface area contributed by atoms with E-state index in [0.29, 0.717) is 43.6 Å². The minimum atomic E-state index is -0.701. The molecular formula is C35H50FN5O6. The number of alkyl halides is 1. The summed E-state index contributed by atoms with van der Waals surface area (Å²) in [6, 6.07) is 5.75. The third kappa shape index (κ3) is 8.44. The molecule has 1 saturated carbocycles. The molecule has 0 unspecified atom stereocenters. The lowest BCUT2D eigenvalue weighted by molar-refractivity contribution is -0.142. The maximum Gasteiger partial charge on any atom is 0.407 e. The average molecular weight is 656 g/mol. The number of benzene rings is 1. The molecule has 0 radical (unpaired) electrons. The Morgan fingerprint density at radius 3 is 2.38 bits per heavy atom. The lowest BCUT2D eigenvalue weighted by atomic mass is 9.78. The lowest BCUT2D eigenvalue weighted by Gasteiger charge is -2.38. The highest BCUT2D eigenvalue weighted by Crippen LogP contribution is 2.36. The Hall–Kier alpha value is -3.67. The van der Waals surface area contributed by atoms with Crippen LogP contribution < -0.4 is 10.6 Å². The number of halogens is 1. The van der Waals surface area contributed by atoms with Crippen molar-refractivity contribution in [1.82, 2.24) is 20.1 Å². The molecule has 2 aliphatic heterocycles. The number of anilines is 1. The molecule has 11 nitrogen and oxygen atoms in total. The summed E-state index contributed by atoms with van der Waals surface area (Å²) in [7, 11) is 0. The van der Waals surface area contributed by atoms with Crippen LogP contribution in [0.25, 0.3) is 10.9 Å². The topological polar surface area (TPSA) is 133 Å². The van der Waals surface area contributed by atoms with Gasteiger partial charge in [-0.25, -0.2) is 14.0 Å². The fraction of sp³-hybridized carbons (Fsp3) is 0.657. The summed E-state index contributed by atoms with van der Waals surface area (Å²) in [6.45, 7) is 8.93. The Kier molecular flexibility index (Phi) is 11.1. The highest BCUT2D eigenvalue weighted by Gasteiger charge is 2.46. The van der Waals surface area contributed by atoms with E-state index in [9.17, 15) is 23.6 Å². The van der Waals surface area contributed by atoms with Crippen molar-refractivity contribution in [3.8, 4) is 0 Å². The average Bonchev–Trinajstić information content (AvgIpc) is 3.68. The second-order valence-corrected chi connectivity index (χ2v) is 14.1. The minimum Gasteiger partial charge on any atom is -0.461 e. The standard InChI is InChI=1S/C35H50FN5O6/c1-5-46-33(44)27-20-24-19-25(13-14-26(24)38-27)37-31(42)30-29(40-16-7-6-8-17-40)15-18-41(30)32(43)23-11-9-22(10-12-23)28(21-36)39-34(45)47-35(2,3)4/h13-14,19-20,22-23,28-30,38H,5-12,15-18,21H2,1-4H3,(H,37,42)(H,39,45)/t22?,23?,28-,29-,30+/m1/s1. The molecule has 1 aromatic carbocycles. The van der Waals surface area contributed by atoms with Crippen LogP contribution in [0.4, 0.5) is 14.9 Å². The van der Waals surface area contributed by atoms with Gasteiger partial charge in [-0.15, -0.1) is 0 Å². The van der Waals surface area contributed by atoms with Crippen LogP contribution in [0.1, 0.15) is 89.5 Å². The van der Waals surface area contributed by atoms with Crippen LogP contribution in [0, 0.1) is 11.8 Å². The normalized spacial score (nSPS) is 24.5. The summed E-state index contributed by atoms with van der Waals surface area (Å²) >= 11 is 0. The second-order valence-electron chi connectivity index (χ2n) is 14.1. The minimum absolute atomic E-state index is 0.0276. The van der Waals surface area contributed by atoms with E-state index in [-0.39, 0.29) is 36.3 Å². The molecule has 1 aliphatic carbocycles. The zero-order valence-electron chi connectivity index (χ0n) is 28.1. The molecule has 5 rings (SSSR count). The van der Waals surface area contributed by atoms with Gasteiger partial charge < -0.3 is 30.0 Å². The third-order valence-corrected chi connectivity index (χ3v) is 9.72. The van der Waals surface area contributed by atoms with Crippen molar-refractivity contribution in [3.63, 3.8) is 0 Å². The summed E-state index contributed by atoms with van der Waals surface area (Å²) in [6.07, 6.45) is 5.75. The molecule has 2 saturated heterocycles. The number of aromatic amines is 1. The molecule has 1 aromatic heterocycles. The van der Waals surface area contributed by atoms with Gasteiger partial charge in [-0.1, -0.05) is 6.42 Å². The molecule has 0 spiro atoms. The van der Waals surface area contributed by atoms with Crippen molar-refractivity contribution in [2.75, 3.05) is 38.2 Å². The Bertz CT molecular complexity index is 1430. The number of nitrogens with one attached hydrogen (secondary N) is 3. The summed E-state index contributed by atoms with van der Waals surface area (Å²) in [4.78, 5) is 59.9. The number of fused-ring (bicyclic) bond motifs is 1. The van der Waals surface area contributed by atoms with E-state index in [4.69, 9.17) is 9.47 Å². The molecular weight excluding hydrogens is 605 g/mol. The number of piperidine rings is 1.